The number of aromatic hydroxyl groups is 1. The minimum atomic E-state index is -0.888. The molecule has 0 bridgehead atoms. The Morgan fingerprint density at radius 3 is 2.45 bits per heavy atom. The van der Waals surface area contributed by atoms with Crippen molar-refractivity contribution in [2.75, 3.05) is 19.5 Å². The molecular formula is C30H33ClF2N6O3. The van der Waals surface area contributed by atoms with Crippen LogP contribution in [0.5, 0.6) is 17.2 Å². The summed E-state index contributed by atoms with van der Waals surface area (Å²) >= 11 is 6.21. The molecule has 0 unspecified atom stereocenters. The summed E-state index contributed by atoms with van der Waals surface area (Å²) in [7, 11) is 2.92. The van der Waals surface area contributed by atoms with Gasteiger partial charge in [-0.2, -0.15) is 5.10 Å². The number of anilines is 1. The van der Waals surface area contributed by atoms with Crippen LogP contribution in [0.25, 0.3) is 16.6 Å². The van der Waals surface area contributed by atoms with E-state index >= 15 is 4.39 Å². The van der Waals surface area contributed by atoms with E-state index in [1.165, 1.54) is 26.5 Å². The maximum atomic E-state index is 15.2. The van der Waals surface area contributed by atoms with Crippen LogP contribution in [0, 0.1) is 17.0 Å². The minimum Gasteiger partial charge on any atom is -0.505 e. The number of phenols is 1. The predicted octanol–water partition coefficient (Wildman–Crippen LogP) is 6.01. The molecule has 12 heteroatoms. The van der Waals surface area contributed by atoms with Crippen LogP contribution in [0.3, 0.4) is 0 Å². The maximum Gasteiger partial charge on any atom is 0.167 e. The van der Waals surface area contributed by atoms with Gasteiger partial charge in [0.25, 0.3) is 0 Å². The Hall–Kier alpha value is -4.09. The molecule has 222 valence electrons. The second-order valence-corrected chi connectivity index (χ2v) is 11.7. The smallest absolute Gasteiger partial charge is 0.167 e. The fourth-order valence-electron chi connectivity index (χ4n) is 5.38. The zero-order valence-corrected chi connectivity index (χ0v) is 24.7. The largest absolute Gasteiger partial charge is 0.505 e. The summed E-state index contributed by atoms with van der Waals surface area (Å²) in [5.41, 5.74) is 14.9. The second kappa shape index (κ2) is 10.6. The number of aromatic nitrogens is 2. The average molecular weight is 599 g/mol. The highest BCUT2D eigenvalue weighted by Gasteiger charge is 2.49. The summed E-state index contributed by atoms with van der Waals surface area (Å²) in [6.45, 7) is 6.24. The van der Waals surface area contributed by atoms with Gasteiger partial charge in [0.1, 0.15) is 11.7 Å². The summed E-state index contributed by atoms with van der Waals surface area (Å²) in [5, 5.41) is 17.8. The van der Waals surface area contributed by atoms with Crippen LogP contribution in [0.1, 0.15) is 39.2 Å². The molecule has 2 heterocycles. The van der Waals surface area contributed by atoms with Crippen LogP contribution in [-0.2, 0) is 0 Å². The first-order valence-corrected chi connectivity index (χ1v) is 13.7. The van der Waals surface area contributed by atoms with Gasteiger partial charge in [0.2, 0.25) is 0 Å². The summed E-state index contributed by atoms with van der Waals surface area (Å²) in [6, 6.07) is 6.61. The average Bonchev–Trinajstić information content (AvgIpc) is 3.45. The fraction of sp³-hybridized carbons (Fsp3) is 0.333. The first-order valence-electron chi connectivity index (χ1n) is 13.3. The lowest BCUT2D eigenvalue weighted by Crippen LogP contribution is -2.51. The number of phenolic OH excluding ortho intramolecular Hbond substituents is 1. The van der Waals surface area contributed by atoms with Gasteiger partial charge in [-0.15, -0.1) is 0 Å². The van der Waals surface area contributed by atoms with Crippen LogP contribution in [0.15, 0.2) is 47.7 Å². The quantitative estimate of drug-likeness (QED) is 0.151. The number of nitrogens with zero attached hydrogens (tertiary/aromatic N) is 3. The Bertz CT molecular complexity index is 1720. The molecule has 5 rings (SSSR count). The molecule has 42 heavy (non-hydrogen) atoms. The molecule has 2 aromatic heterocycles. The van der Waals surface area contributed by atoms with Gasteiger partial charge in [0, 0.05) is 52.5 Å². The van der Waals surface area contributed by atoms with Gasteiger partial charge in [-0.05, 0) is 31.9 Å². The maximum absolute atomic E-state index is 15.2. The van der Waals surface area contributed by atoms with E-state index in [0.29, 0.717) is 28.1 Å². The Kier molecular flexibility index (Phi) is 7.44. The lowest BCUT2D eigenvalue weighted by molar-refractivity contribution is 0.215. The van der Waals surface area contributed by atoms with Crippen LogP contribution in [0.2, 0.25) is 5.02 Å². The normalized spacial score (nSPS) is 20.2. The highest BCUT2D eigenvalue weighted by atomic mass is 35.5. The number of halogens is 3. The minimum absolute atomic E-state index is 0.00542. The van der Waals surface area contributed by atoms with Crippen molar-refractivity contribution in [3.8, 4) is 28.4 Å². The number of aliphatic imine (C=N–C) groups is 1. The molecule has 0 amide bonds. The zero-order chi connectivity index (χ0) is 30.6. The standard InChI is InChI=1S/C30H33ClF2N6O3/c1-29(2)26(6-7-30(29,3)35)38-27-17(28(34)37-21-11-20(33)23(40)10-18(21)31)13-36-39-14-15(8-22(27)39)16-9-24(41-4)25(42-5)12-19(16)32/h8-14,26,38,40H,6-7,35H2,1-5H3,(H2,34,37)/t26-,30+/m1/s1. The Balaban J connectivity index is 1.69. The number of rotatable bonds is 7. The van der Waals surface area contributed by atoms with Crippen molar-refractivity contribution in [3.63, 3.8) is 0 Å². The summed E-state index contributed by atoms with van der Waals surface area (Å²) < 4.78 is 41.6. The molecule has 0 radical (unpaired) electrons. The van der Waals surface area contributed by atoms with Crippen LogP contribution in [0.4, 0.5) is 20.2 Å². The van der Waals surface area contributed by atoms with Gasteiger partial charge in [-0.1, -0.05) is 25.4 Å². The number of hydrogen-bond acceptors (Lipinski definition) is 7. The molecule has 0 aliphatic heterocycles. The molecule has 1 aliphatic rings. The van der Waals surface area contributed by atoms with Crippen LogP contribution in [-0.4, -0.2) is 46.4 Å². The summed E-state index contributed by atoms with van der Waals surface area (Å²) in [6.07, 6.45) is 4.81. The van der Waals surface area contributed by atoms with E-state index in [0.717, 1.165) is 25.0 Å². The number of fused-ring (bicyclic) bond motifs is 1. The predicted molar refractivity (Wildman–Crippen MR) is 160 cm³/mol. The second-order valence-electron chi connectivity index (χ2n) is 11.3. The Morgan fingerprint density at radius 1 is 1.12 bits per heavy atom. The van der Waals surface area contributed by atoms with Crippen LogP contribution < -0.4 is 26.3 Å². The number of amidine groups is 1. The molecule has 6 N–H and O–H groups in total. The number of nitrogens with two attached hydrogens (primary N) is 2. The third-order valence-electron chi connectivity index (χ3n) is 8.57. The molecular weight excluding hydrogens is 566 g/mol. The first kappa shape index (κ1) is 29.4. The van der Waals surface area contributed by atoms with Gasteiger partial charge >= 0.3 is 0 Å². The number of benzene rings is 2. The van der Waals surface area contributed by atoms with Gasteiger partial charge in [-0.25, -0.2) is 18.3 Å². The molecule has 2 atom stereocenters. The number of ether oxygens (including phenoxy) is 2. The van der Waals surface area contributed by atoms with Crippen molar-refractivity contribution in [2.45, 2.75) is 45.2 Å². The number of hydrogen-bond donors (Lipinski definition) is 4. The molecule has 1 saturated carbocycles. The SMILES string of the molecule is COc1cc(F)c(-c2cc3c(N[C@@H]4CC[C@](C)(N)C4(C)C)c(C(N)=Nc4cc(F)c(O)cc4Cl)cnn3c2)cc1OC. The van der Waals surface area contributed by atoms with E-state index in [1.807, 2.05) is 6.92 Å². The first-order chi connectivity index (χ1) is 19.8. The van der Waals surface area contributed by atoms with E-state index < -0.39 is 22.9 Å². The van der Waals surface area contributed by atoms with E-state index in [2.05, 4.69) is 29.3 Å². The third kappa shape index (κ3) is 4.96. The lowest BCUT2D eigenvalue weighted by atomic mass is 9.75. The summed E-state index contributed by atoms with van der Waals surface area (Å²) in [4.78, 5) is 4.37. The van der Waals surface area contributed by atoms with Crippen molar-refractivity contribution in [3.05, 3.63) is 64.9 Å². The molecule has 1 aliphatic carbocycles. The van der Waals surface area contributed by atoms with Gasteiger partial charge in [0.15, 0.2) is 23.1 Å². The third-order valence-corrected chi connectivity index (χ3v) is 8.87. The molecule has 0 saturated heterocycles. The highest BCUT2D eigenvalue weighted by molar-refractivity contribution is 6.33. The van der Waals surface area contributed by atoms with E-state index in [4.69, 9.17) is 32.5 Å². The van der Waals surface area contributed by atoms with Gasteiger partial charge < -0.3 is 31.4 Å². The van der Waals surface area contributed by atoms with E-state index in [9.17, 15) is 9.50 Å². The Labute approximate surface area is 247 Å². The van der Waals surface area contributed by atoms with E-state index in [-0.39, 0.29) is 39.3 Å². The highest BCUT2D eigenvalue weighted by Crippen LogP contribution is 2.46. The monoisotopic (exact) mass is 598 g/mol. The molecule has 4 aromatic rings. The van der Waals surface area contributed by atoms with Crippen LogP contribution >= 0.6 is 11.6 Å². The van der Waals surface area contributed by atoms with Crippen molar-refractivity contribution < 1.29 is 23.4 Å². The Morgan fingerprint density at radius 2 is 1.81 bits per heavy atom. The topological polar surface area (TPSA) is 132 Å². The summed E-state index contributed by atoms with van der Waals surface area (Å²) in [5.74, 6) is -1.34. The van der Waals surface area contributed by atoms with Crippen molar-refractivity contribution in [1.29, 1.82) is 0 Å². The number of methoxy groups -OCH3 is 2. The van der Waals surface area contributed by atoms with E-state index in [1.54, 1.807) is 22.8 Å². The molecule has 0 spiro atoms. The van der Waals surface area contributed by atoms with Crippen molar-refractivity contribution in [2.24, 2.45) is 21.9 Å². The van der Waals surface area contributed by atoms with Gasteiger partial charge in [0.05, 0.1) is 47.9 Å². The molecule has 2 aromatic carbocycles. The van der Waals surface area contributed by atoms with Crippen molar-refractivity contribution >= 4 is 34.3 Å². The molecule has 9 nitrogen and oxygen atoms in total. The fourth-order valence-corrected chi connectivity index (χ4v) is 5.58. The number of nitrogens with one attached hydrogen (secondary N) is 1. The van der Waals surface area contributed by atoms with Gasteiger partial charge in [-0.3, -0.25) is 0 Å². The zero-order valence-electron chi connectivity index (χ0n) is 23.9. The molecule has 1 fully saturated rings. The lowest BCUT2D eigenvalue weighted by Gasteiger charge is -2.39. The van der Waals surface area contributed by atoms with Crippen molar-refractivity contribution in [1.82, 2.24) is 9.61 Å².